The summed E-state index contributed by atoms with van der Waals surface area (Å²) in [6.07, 6.45) is 4.01. The van der Waals surface area contributed by atoms with Gasteiger partial charge in [-0.3, -0.25) is 0 Å². The number of aryl methyl sites for hydroxylation is 1. The number of aliphatic hydroxyl groups is 1. The third-order valence-corrected chi connectivity index (χ3v) is 5.53. The fourth-order valence-corrected chi connectivity index (χ4v) is 3.86. The molecule has 0 saturated carbocycles. The van der Waals surface area contributed by atoms with Crippen molar-refractivity contribution in [3.8, 4) is 0 Å². The molecule has 0 aromatic heterocycles. The molecular weight excluding hydrogens is 324 g/mol. The van der Waals surface area contributed by atoms with E-state index in [4.69, 9.17) is 0 Å². The van der Waals surface area contributed by atoms with Crippen LogP contribution in [0.5, 0.6) is 0 Å². The molecule has 0 fully saturated rings. The van der Waals surface area contributed by atoms with E-state index in [1.165, 1.54) is 30.4 Å². The standard InChI is InChI=1S/C19H21BrO/c1-13-16(10-5-11-18(13)20)19(21)12-15-8-4-7-14-6-2-3-9-17(14)15/h2-3,5-6,9-11,15,19,21H,4,7-8,12H2,1H3. The van der Waals surface area contributed by atoms with Gasteiger partial charge in [0.25, 0.3) is 0 Å². The Bertz CT molecular complexity index is 635. The lowest BCUT2D eigenvalue weighted by atomic mass is 9.79. The minimum atomic E-state index is -0.390. The number of hydrogen-bond acceptors (Lipinski definition) is 1. The van der Waals surface area contributed by atoms with Crippen molar-refractivity contribution >= 4 is 15.9 Å². The van der Waals surface area contributed by atoms with Gasteiger partial charge in [-0.1, -0.05) is 52.3 Å². The van der Waals surface area contributed by atoms with Crippen molar-refractivity contribution in [1.29, 1.82) is 0 Å². The molecule has 1 aliphatic carbocycles. The summed E-state index contributed by atoms with van der Waals surface area (Å²) in [6.45, 7) is 2.07. The number of hydrogen-bond donors (Lipinski definition) is 1. The van der Waals surface area contributed by atoms with Gasteiger partial charge < -0.3 is 5.11 Å². The van der Waals surface area contributed by atoms with Crippen LogP contribution in [0.1, 0.15) is 53.5 Å². The minimum absolute atomic E-state index is 0.390. The van der Waals surface area contributed by atoms with Crippen molar-refractivity contribution in [3.05, 3.63) is 69.2 Å². The lowest BCUT2D eigenvalue weighted by Gasteiger charge is -2.28. The third-order valence-electron chi connectivity index (χ3n) is 4.67. The van der Waals surface area contributed by atoms with Gasteiger partial charge in [0.05, 0.1) is 6.10 Å². The Morgan fingerprint density at radius 3 is 2.86 bits per heavy atom. The zero-order valence-electron chi connectivity index (χ0n) is 12.3. The van der Waals surface area contributed by atoms with Crippen molar-refractivity contribution in [2.24, 2.45) is 0 Å². The molecule has 0 radical (unpaired) electrons. The second-order valence-electron chi connectivity index (χ2n) is 5.99. The summed E-state index contributed by atoms with van der Waals surface area (Å²) in [5.74, 6) is 0.475. The quantitative estimate of drug-likeness (QED) is 0.800. The number of benzene rings is 2. The van der Waals surface area contributed by atoms with Gasteiger partial charge in [-0.05, 0) is 66.8 Å². The van der Waals surface area contributed by atoms with Crippen LogP contribution in [0.15, 0.2) is 46.9 Å². The molecule has 2 aromatic rings. The molecular formula is C19H21BrO. The summed E-state index contributed by atoms with van der Waals surface area (Å²) in [7, 11) is 0. The first-order chi connectivity index (χ1) is 10.2. The lowest BCUT2D eigenvalue weighted by molar-refractivity contribution is 0.153. The Hall–Kier alpha value is -1.12. The Balaban J connectivity index is 1.83. The first-order valence-corrected chi connectivity index (χ1v) is 8.47. The summed E-state index contributed by atoms with van der Waals surface area (Å²) in [5, 5.41) is 10.7. The Morgan fingerprint density at radius 1 is 1.19 bits per heavy atom. The highest BCUT2D eigenvalue weighted by Gasteiger charge is 2.23. The van der Waals surface area contributed by atoms with Gasteiger partial charge in [-0.2, -0.15) is 0 Å². The van der Waals surface area contributed by atoms with Gasteiger partial charge >= 0.3 is 0 Å². The monoisotopic (exact) mass is 344 g/mol. The highest BCUT2D eigenvalue weighted by Crippen LogP contribution is 2.38. The van der Waals surface area contributed by atoms with Gasteiger partial charge in [-0.25, -0.2) is 0 Å². The molecule has 2 unspecified atom stereocenters. The van der Waals surface area contributed by atoms with E-state index < -0.39 is 6.10 Å². The molecule has 0 amide bonds. The highest BCUT2D eigenvalue weighted by molar-refractivity contribution is 9.10. The van der Waals surface area contributed by atoms with E-state index in [9.17, 15) is 5.11 Å². The van der Waals surface area contributed by atoms with Gasteiger partial charge in [0.1, 0.15) is 0 Å². The normalized spacial score (nSPS) is 19.1. The predicted molar refractivity (Wildman–Crippen MR) is 90.6 cm³/mol. The summed E-state index contributed by atoms with van der Waals surface area (Å²) < 4.78 is 1.07. The van der Waals surface area contributed by atoms with Crippen LogP contribution in [0.2, 0.25) is 0 Å². The largest absolute Gasteiger partial charge is 0.388 e. The molecule has 0 spiro atoms. The Morgan fingerprint density at radius 2 is 2.00 bits per heavy atom. The van der Waals surface area contributed by atoms with Crippen LogP contribution in [0, 0.1) is 6.92 Å². The molecule has 3 rings (SSSR count). The van der Waals surface area contributed by atoms with Gasteiger partial charge in [-0.15, -0.1) is 0 Å². The van der Waals surface area contributed by atoms with E-state index in [2.05, 4.69) is 47.1 Å². The van der Waals surface area contributed by atoms with Crippen LogP contribution in [0.3, 0.4) is 0 Å². The van der Waals surface area contributed by atoms with Crippen LogP contribution >= 0.6 is 15.9 Å². The number of rotatable bonds is 3. The van der Waals surface area contributed by atoms with Gasteiger partial charge in [0.2, 0.25) is 0 Å². The minimum Gasteiger partial charge on any atom is -0.388 e. The van der Waals surface area contributed by atoms with Crippen LogP contribution in [0.4, 0.5) is 0 Å². The number of aliphatic hydroxyl groups excluding tert-OH is 1. The fraction of sp³-hybridized carbons (Fsp3) is 0.368. The molecule has 2 heteroatoms. The second-order valence-corrected chi connectivity index (χ2v) is 6.85. The van der Waals surface area contributed by atoms with E-state index in [1.807, 2.05) is 18.2 Å². The van der Waals surface area contributed by atoms with Gasteiger partial charge in [0.15, 0.2) is 0 Å². The van der Waals surface area contributed by atoms with E-state index >= 15 is 0 Å². The average Bonchev–Trinajstić information content (AvgIpc) is 2.50. The molecule has 0 aliphatic heterocycles. The van der Waals surface area contributed by atoms with Gasteiger partial charge in [0, 0.05) is 4.47 Å². The summed E-state index contributed by atoms with van der Waals surface area (Å²) >= 11 is 3.55. The first kappa shape index (κ1) is 14.8. The van der Waals surface area contributed by atoms with Crippen LogP contribution in [0.25, 0.3) is 0 Å². The molecule has 0 bridgehead atoms. The smallest absolute Gasteiger partial charge is 0.0798 e. The number of halogens is 1. The fourth-order valence-electron chi connectivity index (χ4n) is 3.48. The van der Waals surface area contributed by atoms with Crippen molar-refractivity contribution in [2.45, 2.75) is 44.6 Å². The zero-order valence-corrected chi connectivity index (χ0v) is 13.9. The molecule has 21 heavy (non-hydrogen) atoms. The topological polar surface area (TPSA) is 20.2 Å². The lowest BCUT2D eigenvalue weighted by Crippen LogP contribution is -2.13. The zero-order chi connectivity index (χ0) is 14.8. The molecule has 0 heterocycles. The maximum absolute atomic E-state index is 10.7. The van der Waals surface area contributed by atoms with Crippen LogP contribution in [-0.4, -0.2) is 5.11 Å². The maximum Gasteiger partial charge on any atom is 0.0798 e. The molecule has 2 aromatic carbocycles. The average molecular weight is 345 g/mol. The SMILES string of the molecule is Cc1c(Br)cccc1C(O)CC1CCCc2ccccc21. The Labute approximate surface area is 135 Å². The maximum atomic E-state index is 10.7. The third kappa shape index (κ3) is 3.07. The van der Waals surface area contributed by atoms with Crippen molar-refractivity contribution in [3.63, 3.8) is 0 Å². The van der Waals surface area contributed by atoms with E-state index in [0.29, 0.717) is 5.92 Å². The van der Waals surface area contributed by atoms with Crippen molar-refractivity contribution in [2.75, 3.05) is 0 Å². The van der Waals surface area contributed by atoms with E-state index in [-0.39, 0.29) is 0 Å². The summed E-state index contributed by atoms with van der Waals surface area (Å²) in [4.78, 5) is 0. The molecule has 1 N–H and O–H groups in total. The van der Waals surface area contributed by atoms with E-state index in [1.54, 1.807) is 0 Å². The molecule has 110 valence electrons. The van der Waals surface area contributed by atoms with E-state index in [0.717, 1.165) is 22.0 Å². The molecule has 1 aliphatic rings. The predicted octanol–water partition coefficient (Wildman–Crippen LogP) is 5.30. The summed E-state index contributed by atoms with van der Waals surface area (Å²) in [6, 6.07) is 14.8. The molecule has 2 atom stereocenters. The summed E-state index contributed by atoms with van der Waals surface area (Å²) in [5.41, 5.74) is 5.10. The highest BCUT2D eigenvalue weighted by atomic mass is 79.9. The van der Waals surface area contributed by atoms with Crippen molar-refractivity contribution in [1.82, 2.24) is 0 Å². The van der Waals surface area contributed by atoms with Crippen LogP contribution < -0.4 is 0 Å². The van der Waals surface area contributed by atoms with Crippen molar-refractivity contribution < 1.29 is 5.11 Å². The number of fused-ring (bicyclic) bond motifs is 1. The van der Waals surface area contributed by atoms with Crippen LogP contribution in [-0.2, 0) is 6.42 Å². The Kier molecular flexibility index (Phi) is 4.46. The molecule has 0 saturated heterocycles. The molecule has 1 nitrogen and oxygen atoms in total. The second kappa shape index (κ2) is 6.33. The first-order valence-electron chi connectivity index (χ1n) is 7.67.